The van der Waals surface area contributed by atoms with Gasteiger partial charge in [-0.1, -0.05) is 44.2 Å². The lowest BCUT2D eigenvalue weighted by Crippen LogP contribution is -2.27. The van der Waals surface area contributed by atoms with Crippen LogP contribution in [0.1, 0.15) is 36.6 Å². The van der Waals surface area contributed by atoms with Gasteiger partial charge < -0.3 is 15.3 Å². The molecular formula is C20H32N4O. The van der Waals surface area contributed by atoms with Crippen molar-refractivity contribution >= 4 is 5.82 Å². The van der Waals surface area contributed by atoms with E-state index in [1.54, 1.807) is 0 Å². The number of aliphatic hydroxyl groups is 1. The van der Waals surface area contributed by atoms with Crippen LogP contribution in [0.25, 0.3) is 0 Å². The summed E-state index contributed by atoms with van der Waals surface area (Å²) in [5.74, 6) is 1.74. The highest BCUT2D eigenvalue weighted by Gasteiger charge is 2.20. The summed E-state index contributed by atoms with van der Waals surface area (Å²) in [4.78, 5) is 2.11. The highest BCUT2D eigenvalue weighted by molar-refractivity contribution is 5.50. The van der Waals surface area contributed by atoms with Crippen LogP contribution in [0.2, 0.25) is 0 Å². The zero-order chi connectivity index (χ0) is 18.4. The molecule has 0 radical (unpaired) electrons. The predicted octanol–water partition coefficient (Wildman–Crippen LogP) is 2.55. The molecule has 0 saturated carbocycles. The van der Waals surface area contributed by atoms with Gasteiger partial charge in [0.1, 0.15) is 5.82 Å². The molecule has 5 nitrogen and oxygen atoms in total. The molecule has 2 rings (SSSR count). The van der Waals surface area contributed by atoms with Gasteiger partial charge in [0.05, 0.1) is 5.69 Å². The van der Waals surface area contributed by atoms with Crippen molar-refractivity contribution in [1.29, 1.82) is 0 Å². The van der Waals surface area contributed by atoms with E-state index < -0.39 is 0 Å². The fourth-order valence-electron chi connectivity index (χ4n) is 3.32. The highest BCUT2D eigenvalue weighted by atomic mass is 16.3. The Morgan fingerprint density at radius 3 is 2.44 bits per heavy atom. The van der Waals surface area contributed by atoms with Crippen molar-refractivity contribution in [3.63, 3.8) is 0 Å². The van der Waals surface area contributed by atoms with Crippen LogP contribution in [0.4, 0.5) is 5.82 Å². The summed E-state index contributed by atoms with van der Waals surface area (Å²) >= 11 is 0. The molecule has 0 amide bonds. The van der Waals surface area contributed by atoms with Crippen LogP contribution in [0.3, 0.4) is 0 Å². The summed E-state index contributed by atoms with van der Waals surface area (Å²) in [6.45, 7) is 6.09. The van der Waals surface area contributed by atoms with E-state index in [0.717, 1.165) is 31.0 Å². The summed E-state index contributed by atoms with van der Waals surface area (Å²) < 4.78 is 1.96. The molecule has 0 aliphatic carbocycles. The molecule has 0 aliphatic rings. The van der Waals surface area contributed by atoms with Crippen molar-refractivity contribution in [3.05, 3.63) is 47.2 Å². The minimum atomic E-state index is 0.187. The highest BCUT2D eigenvalue weighted by Crippen LogP contribution is 2.27. The van der Waals surface area contributed by atoms with Crippen LogP contribution in [0, 0.1) is 5.92 Å². The fourth-order valence-corrected chi connectivity index (χ4v) is 3.32. The number of nitrogens with zero attached hydrogens (tertiary/aromatic N) is 3. The van der Waals surface area contributed by atoms with E-state index in [1.165, 1.54) is 11.1 Å². The molecule has 0 fully saturated rings. The minimum Gasteiger partial charge on any atom is -0.396 e. The smallest absolute Gasteiger partial charge is 0.130 e. The van der Waals surface area contributed by atoms with E-state index in [4.69, 9.17) is 5.10 Å². The minimum absolute atomic E-state index is 0.187. The first-order valence-electron chi connectivity index (χ1n) is 9.02. The molecule has 2 aromatic rings. The van der Waals surface area contributed by atoms with E-state index in [1.807, 2.05) is 29.9 Å². The number of rotatable bonds is 9. The molecule has 2 N–H and O–H groups in total. The molecule has 1 unspecified atom stereocenters. The van der Waals surface area contributed by atoms with Crippen LogP contribution in [-0.4, -0.2) is 42.1 Å². The maximum atomic E-state index is 9.71. The summed E-state index contributed by atoms with van der Waals surface area (Å²) in [6.07, 6.45) is 0.884. The van der Waals surface area contributed by atoms with Gasteiger partial charge in [-0.3, -0.25) is 4.68 Å². The molecule has 1 heterocycles. The van der Waals surface area contributed by atoms with E-state index in [0.29, 0.717) is 5.92 Å². The lowest BCUT2D eigenvalue weighted by molar-refractivity contribution is 0.221. The zero-order valence-electron chi connectivity index (χ0n) is 16.2. The first kappa shape index (κ1) is 19.5. The number of hydrogen-bond acceptors (Lipinski definition) is 4. The molecular weight excluding hydrogens is 312 g/mol. The molecule has 5 heteroatoms. The van der Waals surface area contributed by atoms with Gasteiger partial charge in [0, 0.05) is 46.4 Å². The van der Waals surface area contributed by atoms with E-state index in [9.17, 15) is 5.11 Å². The molecule has 25 heavy (non-hydrogen) atoms. The summed E-state index contributed by atoms with van der Waals surface area (Å²) in [5.41, 5.74) is 3.66. The maximum absolute atomic E-state index is 9.71. The fraction of sp³-hybridized carbons (Fsp3) is 0.550. The average molecular weight is 345 g/mol. The zero-order valence-corrected chi connectivity index (χ0v) is 16.2. The van der Waals surface area contributed by atoms with E-state index in [2.05, 4.69) is 50.3 Å². The average Bonchev–Trinajstić information content (AvgIpc) is 2.91. The van der Waals surface area contributed by atoms with Gasteiger partial charge in [-0.15, -0.1) is 0 Å². The number of aryl methyl sites for hydroxylation is 1. The maximum Gasteiger partial charge on any atom is 0.130 e. The second-order valence-corrected chi connectivity index (χ2v) is 7.23. The number of benzene rings is 1. The Morgan fingerprint density at radius 1 is 1.20 bits per heavy atom. The Balaban J connectivity index is 2.02. The summed E-state index contributed by atoms with van der Waals surface area (Å²) in [7, 11) is 6.10. The number of aromatic nitrogens is 2. The van der Waals surface area contributed by atoms with Gasteiger partial charge in [-0.2, -0.15) is 5.10 Å². The van der Waals surface area contributed by atoms with Crippen molar-refractivity contribution in [2.45, 2.75) is 32.7 Å². The third kappa shape index (κ3) is 5.06. The summed E-state index contributed by atoms with van der Waals surface area (Å²) in [6, 6.07) is 10.3. The second kappa shape index (κ2) is 9.02. The Morgan fingerprint density at radius 2 is 1.88 bits per heavy atom. The Bertz CT molecular complexity index is 649. The van der Waals surface area contributed by atoms with Gasteiger partial charge in [-0.05, 0) is 23.8 Å². The first-order valence-corrected chi connectivity index (χ1v) is 9.02. The lowest BCUT2D eigenvalue weighted by Gasteiger charge is -2.18. The standard InChI is InChI=1S/C20H32N4O/c1-15(2)19-18(20(23(3)4)24(5)22-19)13-21-12-17(14-25)11-16-9-7-6-8-10-16/h6-10,15,17,21,25H,11-14H2,1-5H3. The van der Waals surface area contributed by atoms with Gasteiger partial charge in [0.2, 0.25) is 0 Å². The summed E-state index contributed by atoms with van der Waals surface area (Å²) in [5, 5.41) is 17.9. The van der Waals surface area contributed by atoms with Crippen molar-refractivity contribution in [2.24, 2.45) is 13.0 Å². The molecule has 1 atom stereocenters. The van der Waals surface area contributed by atoms with Crippen molar-refractivity contribution < 1.29 is 5.11 Å². The van der Waals surface area contributed by atoms with Gasteiger partial charge >= 0.3 is 0 Å². The third-order valence-corrected chi connectivity index (χ3v) is 4.47. The van der Waals surface area contributed by atoms with Crippen LogP contribution in [-0.2, 0) is 20.0 Å². The van der Waals surface area contributed by atoms with Gasteiger partial charge in [0.25, 0.3) is 0 Å². The van der Waals surface area contributed by atoms with Crippen LogP contribution in [0.5, 0.6) is 0 Å². The SMILES string of the molecule is CC(C)c1nn(C)c(N(C)C)c1CNCC(CO)Cc1ccccc1. The largest absolute Gasteiger partial charge is 0.396 e. The normalized spacial score (nSPS) is 12.6. The Labute approximate surface area is 151 Å². The number of aliphatic hydroxyl groups excluding tert-OH is 1. The molecule has 138 valence electrons. The first-order chi connectivity index (χ1) is 11.9. The van der Waals surface area contributed by atoms with Crippen molar-refractivity contribution in [2.75, 3.05) is 32.1 Å². The lowest BCUT2D eigenvalue weighted by atomic mass is 9.99. The molecule has 0 saturated heterocycles. The van der Waals surface area contributed by atoms with Crippen LogP contribution in [0.15, 0.2) is 30.3 Å². The van der Waals surface area contributed by atoms with Crippen molar-refractivity contribution in [3.8, 4) is 0 Å². The molecule has 1 aromatic carbocycles. The van der Waals surface area contributed by atoms with Crippen molar-refractivity contribution in [1.82, 2.24) is 15.1 Å². The van der Waals surface area contributed by atoms with Crippen LogP contribution < -0.4 is 10.2 Å². The van der Waals surface area contributed by atoms with Crippen LogP contribution >= 0.6 is 0 Å². The predicted molar refractivity (Wildman–Crippen MR) is 104 cm³/mol. The van der Waals surface area contributed by atoms with Gasteiger partial charge in [-0.25, -0.2) is 0 Å². The van der Waals surface area contributed by atoms with Gasteiger partial charge in [0.15, 0.2) is 0 Å². The molecule has 0 bridgehead atoms. The third-order valence-electron chi connectivity index (χ3n) is 4.47. The number of anilines is 1. The Kier molecular flexibility index (Phi) is 7.02. The molecule has 0 aliphatic heterocycles. The molecule has 1 aromatic heterocycles. The van der Waals surface area contributed by atoms with E-state index in [-0.39, 0.29) is 12.5 Å². The molecule has 0 spiro atoms. The monoisotopic (exact) mass is 344 g/mol. The topological polar surface area (TPSA) is 53.3 Å². The quantitative estimate of drug-likeness (QED) is 0.734. The second-order valence-electron chi connectivity index (χ2n) is 7.23. The van der Waals surface area contributed by atoms with E-state index >= 15 is 0 Å². The number of hydrogen-bond donors (Lipinski definition) is 2. The Hall–Kier alpha value is -1.85. The number of nitrogens with one attached hydrogen (secondary N) is 1.